The lowest BCUT2D eigenvalue weighted by atomic mass is 10.2. The zero-order valence-electron chi connectivity index (χ0n) is 11.2. The van der Waals surface area contributed by atoms with Crippen LogP contribution in [0.3, 0.4) is 0 Å². The van der Waals surface area contributed by atoms with Crippen LogP contribution in [0.4, 0.5) is 0 Å². The van der Waals surface area contributed by atoms with E-state index >= 15 is 0 Å². The van der Waals surface area contributed by atoms with Gasteiger partial charge in [0.15, 0.2) is 11.5 Å². The van der Waals surface area contributed by atoms with Crippen LogP contribution in [0, 0.1) is 0 Å². The van der Waals surface area contributed by atoms with E-state index in [1.54, 1.807) is 0 Å². The first-order valence-corrected chi connectivity index (χ1v) is 7.01. The molecule has 1 aliphatic heterocycles. The van der Waals surface area contributed by atoms with Crippen LogP contribution in [0.15, 0.2) is 30.7 Å². The van der Waals surface area contributed by atoms with E-state index in [1.807, 2.05) is 24.7 Å². The van der Waals surface area contributed by atoms with Gasteiger partial charge in [-0.3, -0.25) is 0 Å². The SMILES string of the molecule is c1cc(CNCc2cncn2C2CC2)c2c(c1)OCO2. The highest BCUT2D eigenvalue weighted by atomic mass is 16.7. The monoisotopic (exact) mass is 271 g/mol. The summed E-state index contributed by atoms with van der Waals surface area (Å²) < 4.78 is 13.2. The Morgan fingerprint density at radius 1 is 1.25 bits per heavy atom. The molecule has 0 radical (unpaired) electrons. The number of rotatable bonds is 5. The average Bonchev–Trinajstić information content (AvgIpc) is 3.01. The molecule has 2 heterocycles. The van der Waals surface area contributed by atoms with Crippen molar-refractivity contribution >= 4 is 0 Å². The van der Waals surface area contributed by atoms with Gasteiger partial charge < -0.3 is 19.4 Å². The quantitative estimate of drug-likeness (QED) is 0.906. The summed E-state index contributed by atoms with van der Waals surface area (Å²) in [6, 6.07) is 6.68. The Morgan fingerprint density at radius 2 is 2.20 bits per heavy atom. The molecule has 1 N–H and O–H groups in total. The zero-order chi connectivity index (χ0) is 13.4. The van der Waals surface area contributed by atoms with E-state index in [4.69, 9.17) is 9.47 Å². The lowest BCUT2D eigenvalue weighted by Crippen LogP contribution is -2.15. The summed E-state index contributed by atoms with van der Waals surface area (Å²) in [6.45, 7) is 1.91. The smallest absolute Gasteiger partial charge is 0.231 e. The maximum Gasteiger partial charge on any atom is 0.231 e. The second-order valence-electron chi connectivity index (χ2n) is 5.28. The van der Waals surface area contributed by atoms with E-state index in [9.17, 15) is 0 Å². The van der Waals surface area contributed by atoms with E-state index in [0.29, 0.717) is 12.8 Å². The fourth-order valence-electron chi connectivity index (χ4n) is 2.61. The molecule has 1 fully saturated rings. The molecule has 0 bridgehead atoms. The number of imidazole rings is 1. The third-order valence-electron chi connectivity index (χ3n) is 3.79. The van der Waals surface area contributed by atoms with Crippen molar-refractivity contribution in [3.05, 3.63) is 42.0 Å². The molecule has 1 aromatic carbocycles. The number of hydrogen-bond donors (Lipinski definition) is 1. The fourth-order valence-corrected chi connectivity index (χ4v) is 2.61. The second kappa shape index (κ2) is 4.83. The standard InChI is InChI=1S/C15H17N3O2/c1-2-11(15-14(3-1)19-10-20-15)6-16-7-13-8-17-9-18(13)12-4-5-12/h1-3,8-9,12,16H,4-7,10H2. The number of aromatic nitrogens is 2. The first kappa shape index (κ1) is 11.8. The van der Waals surface area contributed by atoms with Gasteiger partial charge in [-0.2, -0.15) is 0 Å². The zero-order valence-corrected chi connectivity index (χ0v) is 11.2. The van der Waals surface area contributed by atoms with Gasteiger partial charge in [-0.1, -0.05) is 12.1 Å². The summed E-state index contributed by atoms with van der Waals surface area (Å²) in [4.78, 5) is 4.25. The predicted molar refractivity (Wildman–Crippen MR) is 73.6 cm³/mol. The molecule has 1 aromatic heterocycles. The molecule has 0 saturated heterocycles. The summed E-state index contributed by atoms with van der Waals surface area (Å²) in [6.07, 6.45) is 6.44. The van der Waals surface area contributed by atoms with Crippen LogP contribution in [0.1, 0.15) is 30.1 Å². The second-order valence-corrected chi connectivity index (χ2v) is 5.28. The lowest BCUT2D eigenvalue weighted by Gasteiger charge is -2.09. The van der Waals surface area contributed by atoms with Crippen LogP contribution >= 0.6 is 0 Å². The molecule has 0 atom stereocenters. The van der Waals surface area contributed by atoms with Gasteiger partial charge in [-0.25, -0.2) is 4.98 Å². The highest BCUT2D eigenvalue weighted by molar-refractivity contribution is 5.48. The summed E-state index contributed by atoms with van der Waals surface area (Å²) in [5.41, 5.74) is 2.38. The van der Waals surface area contributed by atoms with Gasteiger partial charge in [0.25, 0.3) is 0 Å². The van der Waals surface area contributed by atoms with Gasteiger partial charge >= 0.3 is 0 Å². The maximum absolute atomic E-state index is 5.51. The summed E-state index contributed by atoms with van der Waals surface area (Å²) in [5, 5.41) is 3.46. The van der Waals surface area contributed by atoms with Gasteiger partial charge in [0.2, 0.25) is 6.79 Å². The molecule has 2 aliphatic rings. The third kappa shape index (κ3) is 2.14. The Labute approximate surface area is 117 Å². The summed E-state index contributed by atoms with van der Waals surface area (Å²) in [5.74, 6) is 1.71. The Balaban J connectivity index is 1.41. The largest absolute Gasteiger partial charge is 0.454 e. The molecule has 4 rings (SSSR count). The number of ether oxygens (including phenoxy) is 2. The molecule has 5 nitrogen and oxygen atoms in total. The first-order chi connectivity index (χ1) is 9.92. The number of hydrogen-bond acceptors (Lipinski definition) is 4. The normalized spacial score (nSPS) is 16.6. The number of benzene rings is 1. The van der Waals surface area contributed by atoms with Crippen molar-refractivity contribution in [3.8, 4) is 11.5 Å². The van der Waals surface area contributed by atoms with Crippen molar-refractivity contribution in [3.63, 3.8) is 0 Å². The molecular weight excluding hydrogens is 254 g/mol. The summed E-state index contributed by atoms with van der Waals surface area (Å²) in [7, 11) is 0. The Bertz CT molecular complexity index is 619. The van der Waals surface area contributed by atoms with Crippen LogP contribution in [-0.4, -0.2) is 16.3 Å². The summed E-state index contributed by atoms with van der Waals surface area (Å²) >= 11 is 0. The van der Waals surface area contributed by atoms with Crippen LogP contribution in [0.25, 0.3) is 0 Å². The highest BCUT2D eigenvalue weighted by Crippen LogP contribution is 2.36. The number of para-hydroxylation sites is 1. The van der Waals surface area contributed by atoms with Gasteiger partial charge in [-0.05, 0) is 18.9 Å². The van der Waals surface area contributed by atoms with E-state index < -0.39 is 0 Å². The Kier molecular flexibility index (Phi) is 2.85. The topological polar surface area (TPSA) is 48.3 Å². The predicted octanol–water partition coefficient (Wildman–Crippen LogP) is 2.24. The van der Waals surface area contributed by atoms with Crippen molar-refractivity contribution in [1.29, 1.82) is 0 Å². The van der Waals surface area contributed by atoms with E-state index in [0.717, 1.165) is 30.2 Å². The number of nitrogens with one attached hydrogen (secondary N) is 1. The van der Waals surface area contributed by atoms with Crippen molar-refractivity contribution in [2.24, 2.45) is 0 Å². The van der Waals surface area contributed by atoms with E-state index in [2.05, 4.69) is 20.9 Å². The molecule has 0 unspecified atom stereocenters. The van der Waals surface area contributed by atoms with Gasteiger partial charge in [0.05, 0.1) is 12.0 Å². The maximum atomic E-state index is 5.51. The van der Waals surface area contributed by atoms with Crippen LogP contribution in [0.5, 0.6) is 11.5 Å². The molecule has 0 spiro atoms. The molecule has 5 heteroatoms. The van der Waals surface area contributed by atoms with Crippen molar-refractivity contribution in [2.75, 3.05) is 6.79 Å². The minimum Gasteiger partial charge on any atom is -0.454 e. The average molecular weight is 271 g/mol. The Morgan fingerprint density at radius 3 is 3.10 bits per heavy atom. The molecule has 104 valence electrons. The number of fused-ring (bicyclic) bond motifs is 1. The molecule has 1 saturated carbocycles. The van der Waals surface area contributed by atoms with Gasteiger partial charge in [0, 0.05) is 30.9 Å². The van der Waals surface area contributed by atoms with Crippen LogP contribution < -0.4 is 14.8 Å². The minimum absolute atomic E-state index is 0.320. The molecule has 0 amide bonds. The van der Waals surface area contributed by atoms with E-state index in [1.165, 1.54) is 18.5 Å². The fraction of sp³-hybridized carbons (Fsp3) is 0.400. The minimum atomic E-state index is 0.320. The van der Waals surface area contributed by atoms with Crippen molar-refractivity contribution < 1.29 is 9.47 Å². The molecule has 2 aromatic rings. The van der Waals surface area contributed by atoms with E-state index in [-0.39, 0.29) is 0 Å². The van der Waals surface area contributed by atoms with Crippen LogP contribution in [0.2, 0.25) is 0 Å². The third-order valence-corrected chi connectivity index (χ3v) is 3.79. The van der Waals surface area contributed by atoms with Crippen molar-refractivity contribution in [2.45, 2.75) is 32.0 Å². The highest BCUT2D eigenvalue weighted by Gasteiger charge is 2.25. The molecule has 20 heavy (non-hydrogen) atoms. The number of nitrogens with zero attached hydrogens (tertiary/aromatic N) is 2. The van der Waals surface area contributed by atoms with Gasteiger partial charge in [0.1, 0.15) is 0 Å². The molecule has 1 aliphatic carbocycles. The lowest BCUT2D eigenvalue weighted by molar-refractivity contribution is 0.173. The van der Waals surface area contributed by atoms with Crippen LogP contribution in [-0.2, 0) is 13.1 Å². The molecular formula is C15H17N3O2. The first-order valence-electron chi connectivity index (χ1n) is 7.01. The van der Waals surface area contributed by atoms with Crippen molar-refractivity contribution in [1.82, 2.24) is 14.9 Å². The Hall–Kier alpha value is -2.01. The van der Waals surface area contributed by atoms with Gasteiger partial charge in [-0.15, -0.1) is 0 Å².